The molecule has 1 unspecified atom stereocenters. The molecule has 2 rings (SSSR count). The Morgan fingerprint density at radius 3 is 2.70 bits per heavy atom. The zero-order valence-corrected chi connectivity index (χ0v) is 16.2. The van der Waals surface area contributed by atoms with Crippen molar-refractivity contribution in [2.45, 2.75) is 30.2 Å². The SMILES string of the molecule is CS(=O)(=O)NCC1CCCCN1C(=O)CSc1ccc(Br)cc1. The first-order valence-corrected chi connectivity index (χ1v) is 11.1. The van der Waals surface area contributed by atoms with Crippen LogP contribution in [0.25, 0.3) is 0 Å². The molecule has 1 aromatic rings. The van der Waals surface area contributed by atoms with Gasteiger partial charge in [0, 0.05) is 28.5 Å². The number of benzene rings is 1. The van der Waals surface area contributed by atoms with Gasteiger partial charge < -0.3 is 4.90 Å². The van der Waals surface area contributed by atoms with Crippen LogP contribution in [0.4, 0.5) is 0 Å². The van der Waals surface area contributed by atoms with E-state index in [1.807, 2.05) is 29.2 Å². The summed E-state index contributed by atoms with van der Waals surface area (Å²) in [6.07, 6.45) is 3.99. The van der Waals surface area contributed by atoms with Crippen molar-refractivity contribution in [3.63, 3.8) is 0 Å². The number of rotatable bonds is 6. The van der Waals surface area contributed by atoms with Crippen LogP contribution in [0, 0.1) is 0 Å². The van der Waals surface area contributed by atoms with Crippen molar-refractivity contribution in [1.82, 2.24) is 9.62 Å². The van der Waals surface area contributed by atoms with Gasteiger partial charge in [0.2, 0.25) is 15.9 Å². The second-order valence-electron chi connectivity index (χ2n) is 5.60. The van der Waals surface area contributed by atoms with Crippen molar-refractivity contribution in [1.29, 1.82) is 0 Å². The summed E-state index contributed by atoms with van der Waals surface area (Å²) in [7, 11) is -3.23. The number of halogens is 1. The van der Waals surface area contributed by atoms with Gasteiger partial charge in [0.05, 0.1) is 12.0 Å². The third-order valence-corrected chi connectivity index (χ3v) is 5.92. The summed E-state index contributed by atoms with van der Waals surface area (Å²) in [5.41, 5.74) is 0. The molecule has 1 atom stereocenters. The molecule has 1 aliphatic rings. The van der Waals surface area contributed by atoms with E-state index in [0.29, 0.717) is 18.8 Å². The average Bonchev–Trinajstić information content (AvgIpc) is 2.52. The fourth-order valence-electron chi connectivity index (χ4n) is 2.55. The number of nitrogens with one attached hydrogen (secondary N) is 1. The van der Waals surface area contributed by atoms with Crippen LogP contribution >= 0.6 is 27.7 Å². The molecule has 1 saturated heterocycles. The van der Waals surface area contributed by atoms with Gasteiger partial charge >= 0.3 is 0 Å². The predicted molar refractivity (Wildman–Crippen MR) is 97.1 cm³/mol. The highest BCUT2D eigenvalue weighted by Crippen LogP contribution is 2.23. The molecule has 23 heavy (non-hydrogen) atoms. The van der Waals surface area contributed by atoms with Gasteiger partial charge in [-0.1, -0.05) is 15.9 Å². The number of thioether (sulfide) groups is 1. The second-order valence-corrected chi connectivity index (χ2v) is 9.40. The highest BCUT2D eigenvalue weighted by Gasteiger charge is 2.27. The quantitative estimate of drug-likeness (QED) is 0.717. The van der Waals surface area contributed by atoms with Crippen LogP contribution in [-0.2, 0) is 14.8 Å². The van der Waals surface area contributed by atoms with Gasteiger partial charge in [0.25, 0.3) is 0 Å². The van der Waals surface area contributed by atoms with Crippen molar-refractivity contribution in [3.8, 4) is 0 Å². The van der Waals surface area contributed by atoms with E-state index in [4.69, 9.17) is 0 Å². The molecule has 8 heteroatoms. The lowest BCUT2D eigenvalue weighted by Crippen LogP contribution is -2.49. The van der Waals surface area contributed by atoms with Crippen molar-refractivity contribution in [2.24, 2.45) is 0 Å². The number of amides is 1. The van der Waals surface area contributed by atoms with Gasteiger partial charge in [-0.25, -0.2) is 13.1 Å². The Balaban J connectivity index is 1.90. The topological polar surface area (TPSA) is 66.5 Å². The molecule has 128 valence electrons. The van der Waals surface area contributed by atoms with E-state index < -0.39 is 10.0 Å². The maximum Gasteiger partial charge on any atom is 0.233 e. The minimum Gasteiger partial charge on any atom is -0.338 e. The maximum absolute atomic E-state index is 12.5. The van der Waals surface area contributed by atoms with E-state index >= 15 is 0 Å². The molecular formula is C15H21BrN2O3S2. The molecule has 1 fully saturated rings. The van der Waals surface area contributed by atoms with Gasteiger partial charge in [0.1, 0.15) is 0 Å². The zero-order chi connectivity index (χ0) is 16.9. The van der Waals surface area contributed by atoms with Crippen molar-refractivity contribution < 1.29 is 13.2 Å². The summed E-state index contributed by atoms with van der Waals surface area (Å²) in [4.78, 5) is 15.4. The molecule has 1 aromatic carbocycles. The molecule has 0 spiro atoms. The second kappa shape index (κ2) is 8.50. The monoisotopic (exact) mass is 420 g/mol. The number of nitrogens with zero attached hydrogens (tertiary/aromatic N) is 1. The fourth-order valence-corrected chi connectivity index (χ4v) is 4.09. The van der Waals surface area contributed by atoms with Gasteiger partial charge in [-0.2, -0.15) is 0 Å². The van der Waals surface area contributed by atoms with Gasteiger partial charge in [-0.3, -0.25) is 4.79 Å². The van der Waals surface area contributed by atoms with Crippen LogP contribution < -0.4 is 4.72 Å². The Kier molecular flexibility index (Phi) is 6.94. The summed E-state index contributed by atoms with van der Waals surface area (Å²) < 4.78 is 26.1. The molecule has 0 saturated carbocycles. The lowest BCUT2D eigenvalue weighted by molar-refractivity contribution is -0.131. The lowest BCUT2D eigenvalue weighted by atomic mass is 10.0. The number of carbonyl (C=O) groups is 1. The van der Waals surface area contributed by atoms with Crippen molar-refractivity contribution >= 4 is 43.6 Å². The predicted octanol–water partition coefficient (Wildman–Crippen LogP) is 2.47. The highest BCUT2D eigenvalue weighted by atomic mass is 79.9. The molecule has 0 bridgehead atoms. The Bertz CT molecular complexity index is 635. The molecule has 5 nitrogen and oxygen atoms in total. The summed E-state index contributed by atoms with van der Waals surface area (Å²) in [6, 6.07) is 7.80. The molecule has 0 radical (unpaired) electrons. The average molecular weight is 421 g/mol. The summed E-state index contributed by atoms with van der Waals surface area (Å²) in [5, 5.41) is 0. The summed E-state index contributed by atoms with van der Waals surface area (Å²) >= 11 is 4.89. The number of hydrogen-bond donors (Lipinski definition) is 1. The van der Waals surface area contributed by atoms with Crippen LogP contribution in [-0.4, -0.2) is 50.4 Å². The molecule has 1 N–H and O–H groups in total. The van der Waals surface area contributed by atoms with E-state index in [-0.39, 0.29) is 11.9 Å². The van der Waals surface area contributed by atoms with Gasteiger partial charge in [-0.05, 0) is 43.5 Å². The van der Waals surface area contributed by atoms with Crippen molar-refractivity contribution in [2.75, 3.05) is 25.1 Å². The van der Waals surface area contributed by atoms with E-state index in [2.05, 4.69) is 20.7 Å². The van der Waals surface area contributed by atoms with E-state index in [1.165, 1.54) is 11.8 Å². The number of sulfonamides is 1. The van der Waals surface area contributed by atoms with Crippen LogP contribution in [0.2, 0.25) is 0 Å². The zero-order valence-electron chi connectivity index (χ0n) is 13.0. The lowest BCUT2D eigenvalue weighted by Gasteiger charge is -2.35. The number of likely N-dealkylation sites (tertiary alicyclic amines) is 1. The third-order valence-electron chi connectivity index (χ3n) is 3.70. The third kappa shape index (κ3) is 6.45. The Morgan fingerprint density at radius 2 is 2.04 bits per heavy atom. The van der Waals surface area contributed by atoms with Crippen LogP contribution in [0.15, 0.2) is 33.6 Å². The smallest absolute Gasteiger partial charge is 0.233 e. The van der Waals surface area contributed by atoms with Gasteiger partial charge in [-0.15, -0.1) is 11.8 Å². The first kappa shape index (κ1) is 18.8. The first-order valence-electron chi connectivity index (χ1n) is 7.47. The molecule has 0 aliphatic carbocycles. The Labute approximate surface area is 150 Å². The fraction of sp³-hybridized carbons (Fsp3) is 0.533. The highest BCUT2D eigenvalue weighted by molar-refractivity contribution is 9.10. The van der Waals surface area contributed by atoms with Crippen LogP contribution in [0.1, 0.15) is 19.3 Å². The number of piperidine rings is 1. The molecule has 0 aromatic heterocycles. The van der Waals surface area contributed by atoms with Crippen molar-refractivity contribution in [3.05, 3.63) is 28.7 Å². The van der Waals surface area contributed by atoms with Crippen LogP contribution in [0.5, 0.6) is 0 Å². The molecule has 1 aliphatic heterocycles. The standard InChI is InChI=1S/C15H21BrN2O3S2/c1-23(20,21)17-10-13-4-2-3-9-18(13)15(19)11-22-14-7-5-12(16)6-8-14/h5-8,13,17H,2-4,9-11H2,1H3. The number of carbonyl (C=O) groups excluding carboxylic acids is 1. The summed E-state index contributed by atoms with van der Waals surface area (Å²) in [6.45, 7) is 1.00. The summed E-state index contributed by atoms with van der Waals surface area (Å²) in [5.74, 6) is 0.440. The molecular weight excluding hydrogens is 400 g/mol. The van der Waals surface area contributed by atoms with Crippen LogP contribution in [0.3, 0.4) is 0 Å². The Morgan fingerprint density at radius 1 is 1.35 bits per heavy atom. The minimum atomic E-state index is -3.23. The largest absolute Gasteiger partial charge is 0.338 e. The minimum absolute atomic E-state index is 0.0449. The molecule has 1 heterocycles. The first-order chi connectivity index (χ1) is 10.8. The van der Waals surface area contributed by atoms with E-state index in [0.717, 1.165) is 34.9 Å². The van der Waals surface area contributed by atoms with Gasteiger partial charge in [0.15, 0.2) is 0 Å². The number of hydrogen-bond acceptors (Lipinski definition) is 4. The molecule has 1 amide bonds. The normalized spacial score (nSPS) is 18.9. The van der Waals surface area contributed by atoms with E-state index in [1.54, 1.807) is 0 Å². The van der Waals surface area contributed by atoms with E-state index in [9.17, 15) is 13.2 Å². The Hall–Kier alpha value is -0.570. The maximum atomic E-state index is 12.5.